The normalized spacial score (nSPS) is 11.3. The van der Waals surface area contributed by atoms with Crippen LogP contribution in [-0.4, -0.2) is 31.6 Å². The van der Waals surface area contributed by atoms with Crippen molar-refractivity contribution in [2.45, 2.75) is 57.8 Å². The van der Waals surface area contributed by atoms with Gasteiger partial charge in [0, 0.05) is 13.0 Å². The molecule has 21 heavy (non-hydrogen) atoms. The van der Waals surface area contributed by atoms with Crippen molar-refractivity contribution in [1.82, 2.24) is 19.9 Å². The molecule has 4 N–H and O–H groups in total. The molecule has 116 valence electrons. The minimum Gasteiger partial charge on any atom is -0.396 e. The summed E-state index contributed by atoms with van der Waals surface area (Å²) in [6.45, 7) is 0.323. The average Bonchev–Trinajstić information content (AvgIpc) is 2.94. The number of nitrogens with one attached hydrogen (secondary N) is 1. The van der Waals surface area contributed by atoms with Crippen LogP contribution in [0.4, 0.5) is 5.82 Å². The number of nitrogen functional groups attached to an aromatic ring is 1. The Hall–Kier alpha value is -1.69. The summed E-state index contributed by atoms with van der Waals surface area (Å²) in [4.78, 5) is 15.8. The Bertz CT molecular complexity index is 540. The maximum Gasteiger partial charge on any atom is 0.183 e. The van der Waals surface area contributed by atoms with Gasteiger partial charge in [-0.1, -0.05) is 38.5 Å². The number of nitrogens with two attached hydrogens (primary N) is 1. The molecule has 2 aromatic heterocycles. The second-order valence-corrected chi connectivity index (χ2v) is 5.43. The van der Waals surface area contributed by atoms with Crippen molar-refractivity contribution in [3.8, 4) is 0 Å². The molecule has 2 heterocycles. The van der Waals surface area contributed by atoms with Crippen molar-refractivity contribution in [2.75, 3.05) is 12.3 Å². The van der Waals surface area contributed by atoms with Gasteiger partial charge in [-0.15, -0.1) is 0 Å². The van der Waals surface area contributed by atoms with Crippen LogP contribution in [0.1, 0.15) is 57.2 Å². The van der Waals surface area contributed by atoms with E-state index in [9.17, 15) is 0 Å². The van der Waals surface area contributed by atoms with E-state index in [0.717, 1.165) is 37.0 Å². The van der Waals surface area contributed by atoms with Crippen molar-refractivity contribution >= 4 is 17.0 Å². The molecule has 6 nitrogen and oxygen atoms in total. The van der Waals surface area contributed by atoms with Gasteiger partial charge >= 0.3 is 0 Å². The van der Waals surface area contributed by atoms with E-state index in [1.165, 1.54) is 32.1 Å². The van der Waals surface area contributed by atoms with Crippen molar-refractivity contribution in [1.29, 1.82) is 0 Å². The molecule has 0 radical (unpaired) electrons. The average molecular weight is 291 g/mol. The zero-order valence-corrected chi connectivity index (χ0v) is 12.5. The summed E-state index contributed by atoms with van der Waals surface area (Å²) in [6, 6.07) is 0. The zero-order valence-electron chi connectivity index (χ0n) is 12.5. The van der Waals surface area contributed by atoms with Crippen LogP contribution in [0, 0.1) is 0 Å². The van der Waals surface area contributed by atoms with Gasteiger partial charge in [0.25, 0.3) is 0 Å². The number of H-pyrrole nitrogens is 1. The highest BCUT2D eigenvalue weighted by Gasteiger charge is 2.06. The smallest absolute Gasteiger partial charge is 0.183 e. The summed E-state index contributed by atoms with van der Waals surface area (Å²) in [5, 5.41) is 8.69. The van der Waals surface area contributed by atoms with Gasteiger partial charge in [-0.2, -0.15) is 0 Å². The van der Waals surface area contributed by atoms with Gasteiger partial charge in [0.15, 0.2) is 11.5 Å². The van der Waals surface area contributed by atoms with E-state index in [1.807, 2.05) is 0 Å². The van der Waals surface area contributed by atoms with Crippen LogP contribution < -0.4 is 5.73 Å². The number of fused-ring (bicyclic) bond motifs is 1. The Balaban J connectivity index is 1.62. The third kappa shape index (κ3) is 4.97. The van der Waals surface area contributed by atoms with Crippen molar-refractivity contribution in [2.24, 2.45) is 0 Å². The van der Waals surface area contributed by atoms with E-state index in [0.29, 0.717) is 18.1 Å². The Morgan fingerprint density at radius 2 is 1.62 bits per heavy atom. The summed E-state index contributed by atoms with van der Waals surface area (Å²) in [5.74, 6) is 1.27. The highest BCUT2D eigenvalue weighted by Crippen LogP contribution is 2.15. The van der Waals surface area contributed by atoms with Crippen LogP contribution in [0.2, 0.25) is 0 Å². The van der Waals surface area contributed by atoms with Gasteiger partial charge in [-0.3, -0.25) is 0 Å². The van der Waals surface area contributed by atoms with Crippen LogP contribution in [0.3, 0.4) is 0 Å². The maximum absolute atomic E-state index is 8.69. The first-order valence-electron chi connectivity index (χ1n) is 7.87. The number of imidazole rings is 1. The SMILES string of the molecule is Nc1nc(CCCCCCCCCCO)nc2nc[nH]c12. The largest absolute Gasteiger partial charge is 0.396 e. The van der Waals surface area contributed by atoms with E-state index in [4.69, 9.17) is 10.8 Å². The minimum absolute atomic E-state index is 0.323. The maximum atomic E-state index is 8.69. The molecule has 2 aromatic rings. The van der Waals surface area contributed by atoms with Crippen LogP contribution in [0.15, 0.2) is 6.33 Å². The molecule has 0 unspecified atom stereocenters. The number of anilines is 1. The fourth-order valence-electron chi connectivity index (χ4n) is 2.47. The Morgan fingerprint density at radius 3 is 2.33 bits per heavy atom. The first-order valence-corrected chi connectivity index (χ1v) is 7.87. The van der Waals surface area contributed by atoms with E-state index >= 15 is 0 Å². The number of aliphatic hydroxyl groups excluding tert-OH is 1. The Labute approximate surface area is 125 Å². The Morgan fingerprint density at radius 1 is 0.952 bits per heavy atom. The molecular weight excluding hydrogens is 266 g/mol. The van der Waals surface area contributed by atoms with Gasteiger partial charge in [0.2, 0.25) is 0 Å². The van der Waals surface area contributed by atoms with Gasteiger partial charge in [0.1, 0.15) is 11.3 Å². The van der Waals surface area contributed by atoms with E-state index in [1.54, 1.807) is 6.33 Å². The fraction of sp³-hybridized carbons (Fsp3) is 0.667. The van der Waals surface area contributed by atoms with E-state index in [-0.39, 0.29) is 0 Å². The van der Waals surface area contributed by atoms with Crippen LogP contribution >= 0.6 is 0 Å². The van der Waals surface area contributed by atoms with Crippen LogP contribution in [0.5, 0.6) is 0 Å². The van der Waals surface area contributed by atoms with E-state index in [2.05, 4.69) is 19.9 Å². The second-order valence-electron chi connectivity index (χ2n) is 5.43. The molecule has 0 saturated carbocycles. The predicted molar refractivity (Wildman–Crippen MR) is 83.8 cm³/mol. The van der Waals surface area contributed by atoms with Gasteiger partial charge in [-0.25, -0.2) is 15.0 Å². The molecule has 0 saturated heterocycles. The molecule has 6 heteroatoms. The summed E-state index contributed by atoms with van der Waals surface area (Å²) < 4.78 is 0. The topological polar surface area (TPSA) is 101 Å². The molecule has 0 bridgehead atoms. The fourth-order valence-corrected chi connectivity index (χ4v) is 2.47. The number of aromatic amines is 1. The number of rotatable bonds is 10. The van der Waals surface area contributed by atoms with Crippen molar-refractivity contribution in [3.05, 3.63) is 12.2 Å². The molecule has 0 fully saturated rings. The predicted octanol–water partition coefficient (Wildman–Crippen LogP) is 2.59. The van der Waals surface area contributed by atoms with E-state index < -0.39 is 0 Å². The number of unbranched alkanes of at least 4 members (excludes halogenated alkanes) is 7. The third-order valence-electron chi connectivity index (χ3n) is 3.67. The lowest BCUT2D eigenvalue weighted by molar-refractivity contribution is 0.282. The number of nitrogens with zero attached hydrogens (tertiary/aromatic N) is 3. The lowest BCUT2D eigenvalue weighted by Crippen LogP contribution is -2.01. The summed E-state index contributed by atoms with van der Waals surface area (Å²) in [5.41, 5.74) is 7.25. The second kappa shape index (κ2) is 8.56. The summed E-state index contributed by atoms with van der Waals surface area (Å²) >= 11 is 0. The van der Waals surface area contributed by atoms with Crippen molar-refractivity contribution < 1.29 is 5.11 Å². The molecular formula is C15H25N5O. The lowest BCUT2D eigenvalue weighted by atomic mass is 10.1. The molecule has 0 amide bonds. The molecule has 0 aromatic carbocycles. The number of hydrogen-bond donors (Lipinski definition) is 3. The summed E-state index contributed by atoms with van der Waals surface area (Å²) in [6.07, 6.45) is 11.8. The molecule has 0 spiro atoms. The molecule has 0 aliphatic heterocycles. The highest BCUT2D eigenvalue weighted by molar-refractivity contribution is 5.80. The van der Waals surface area contributed by atoms with Crippen LogP contribution in [-0.2, 0) is 6.42 Å². The molecule has 2 rings (SSSR count). The highest BCUT2D eigenvalue weighted by atomic mass is 16.2. The molecule has 0 atom stereocenters. The summed E-state index contributed by atoms with van der Waals surface area (Å²) in [7, 11) is 0. The number of hydrogen-bond acceptors (Lipinski definition) is 5. The number of aryl methyl sites for hydroxylation is 1. The number of aromatic nitrogens is 4. The monoisotopic (exact) mass is 291 g/mol. The van der Waals surface area contributed by atoms with Gasteiger partial charge < -0.3 is 15.8 Å². The zero-order chi connectivity index (χ0) is 14.9. The van der Waals surface area contributed by atoms with Gasteiger partial charge in [-0.05, 0) is 12.8 Å². The molecule has 0 aliphatic rings. The standard InChI is InChI=1S/C15H25N5O/c16-14-13-15(18-11-17-13)20-12(19-14)9-7-5-3-1-2-4-6-8-10-21/h11,21H,1-10H2,(H3,16,17,18,19,20). The number of aliphatic hydroxyl groups is 1. The van der Waals surface area contributed by atoms with Crippen LogP contribution in [0.25, 0.3) is 11.2 Å². The Kier molecular flexibility index (Phi) is 6.40. The third-order valence-corrected chi connectivity index (χ3v) is 3.67. The first-order chi connectivity index (χ1) is 10.3. The minimum atomic E-state index is 0.323. The van der Waals surface area contributed by atoms with Crippen molar-refractivity contribution in [3.63, 3.8) is 0 Å². The lowest BCUT2D eigenvalue weighted by Gasteiger charge is -2.03. The first kappa shape index (κ1) is 15.7. The van der Waals surface area contributed by atoms with Gasteiger partial charge in [0.05, 0.1) is 6.33 Å². The molecule has 0 aliphatic carbocycles. The quantitative estimate of drug-likeness (QED) is 0.584.